The SMILES string of the molecule is Cc1ccc(-c2nnc(C(C)Sc3ccc(C)c(C)c3)o2)cc1. The Bertz CT molecular complexity index is 808. The molecule has 3 nitrogen and oxygen atoms in total. The topological polar surface area (TPSA) is 38.9 Å². The molecule has 0 radical (unpaired) electrons. The van der Waals surface area contributed by atoms with Crippen LogP contribution in [0.1, 0.15) is 34.8 Å². The summed E-state index contributed by atoms with van der Waals surface area (Å²) in [6, 6.07) is 14.6. The molecule has 0 spiro atoms. The van der Waals surface area contributed by atoms with E-state index in [1.807, 2.05) is 24.3 Å². The first-order valence-corrected chi connectivity index (χ1v) is 8.55. The molecule has 1 unspecified atom stereocenters. The van der Waals surface area contributed by atoms with E-state index >= 15 is 0 Å². The van der Waals surface area contributed by atoms with Crippen molar-refractivity contribution in [3.05, 3.63) is 65.0 Å². The Labute approximate surface area is 141 Å². The van der Waals surface area contributed by atoms with Crippen molar-refractivity contribution in [2.24, 2.45) is 0 Å². The molecule has 118 valence electrons. The zero-order valence-corrected chi connectivity index (χ0v) is 14.6. The molecule has 4 heteroatoms. The highest BCUT2D eigenvalue weighted by Crippen LogP contribution is 2.35. The molecule has 0 saturated heterocycles. The van der Waals surface area contributed by atoms with E-state index in [0.29, 0.717) is 11.8 Å². The lowest BCUT2D eigenvalue weighted by atomic mass is 10.1. The molecule has 1 heterocycles. The van der Waals surface area contributed by atoms with Gasteiger partial charge in [0.05, 0.1) is 5.25 Å². The molecular formula is C19H20N2OS. The summed E-state index contributed by atoms with van der Waals surface area (Å²) in [7, 11) is 0. The first kappa shape index (κ1) is 15.8. The van der Waals surface area contributed by atoms with Gasteiger partial charge in [-0.1, -0.05) is 23.8 Å². The number of hydrogen-bond donors (Lipinski definition) is 0. The smallest absolute Gasteiger partial charge is 0.247 e. The van der Waals surface area contributed by atoms with E-state index in [0.717, 1.165) is 5.56 Å². The van der Waals surface area contributed by atoms with E-state index in [-0.39, 0.29) is 5.25 Å². The van der Waals surface area contributed by atoms with Gasteiger partial charge in [-0.05, 0) is 63.1 Å². The Morgan fingerprint density at radius 1 is 0.913 bits per heavy atom. The van der Waals surface area contributed by atoms with Gasteiger partial charge in [0.1, 0.15) is 0 Å². The monoisotopic (exact) mass is 324 g/mol. The van der Waals surface area contributed by atoms with Crippen LogP contribution in [-0.4, -0.2) is 10.2 Å². The Morgan fingerprint density at radius 3 is 2.35 bits per heavy atom. The summed E-state index contributed by atoms with van der Waals surface area (Å²) in [6.07, 6.45) is 0. The normalized spacial score (nSPS) is 12.3. The van der Waals surface area contributed by atoms with Gasteiger partial charge in [0.2, 0.25) is 11.8 Å². The van der Waals surface area contributed by atoms with Gasteiger partial charge in [0, 0.05) is 10.5 Å². The Balaban J connectivity index is 1.76. The van der Waals surface area contributed by atoms with Crippen LogP contribution >= 0.6 is 11.8 Å². The standard InChI is InChI=1S/C19H20N2OS/c1-12-5-8-16(9-6-12)19-21-20-18(22-19)15(4)23-17-10-7-13(2)14(3)11-17/h5-11,15H,1-4H3. The lowest BCUT2D eigenvalue weighted by Gasteiger charge is -2.08. The number of thioether (sulfide) groups is 1. The van der Waals surface area contributed by atoms with Crippen LogP contribution in [0.3, 0.4) is 0 Å². The third-order valence-corrected chi connectivity index (χ3v) is 4.96. The third-order valence-electron chi connectivity index (χ3n) is 3.88. The van der Waals surface area contributed by atoms with Gasteiger partial charge in [0.25, 0.3) is 0 Å². The molecular weight excluding hydrogens is 304 g/mol. The van der Waals surface area contributed by atoms with Gasteiger partial charge in [-0.2, -0.15) is 0 Å². The molecule has 0 aliphatic heterocycles. The summed E-state index contributed by atoms with van der Waals surface area (Å²) in [4.78, 5) is 1.22. The van der Waals surface area contributed by atoms with Crippen LogP contribution in [0.25, 0.3) is 11.5 Å². The van der Waals surface area contributed by atoms with Gasteiger partial charge < -0.3 is 4.42 Å². The van der Waals surface area contributed by atoms with Crippen molar-refractivity contribution in [1.82, 2.24) is 10.2 Å². The van der Waals surface area contributed by atoms with Crippen LogP contribution in [0.2, 0.25) is 0 Å². The van der Waals surface area contributed by atoms with E-state index in [1.54, 1.807) is 11.8 Å². The fourth-order valence-electron chi connectivity index (χ4n) is 2.25. The Morgan fingerprint density at radius 2 is 1.65 bits per heavy atom. The highest BCUT2D eigenvalue weighted by Gasteiger charge is 2.16. The van der Waals surface area contributed by atoms with Crippen molar-refractivity contribution >= 4 is 11.8 Å². The number of aromatic nitrogens is 2. The zero-order chi connectivity index (χ0) is 16.4. The molecule has 1 atom stereocenters. The van der Waals surface area contributed by atoms with E-state index in [4.69, 9.17) is 4.42 Å². The summed E-state index contributed by atoms with van der Waals surface area (Å²) < 4.78 is 5.85. The molecule has 0 bridgehead atoms. The lowest BCUT2D eigenvalue weighted by Crippen LogP contribution is -1.89. The van der Waals surface area contributed by atoms with Crippen molar-refractivity contribution in [1.29, 1.82) is 0 Å². The van der Waals surface area contributed by atoms with Crippen LogP contribution in [0, 0.1) is 20.8 Å². The van der Waals surface area contributed by atoms with E-state index in [2.05, 4.69) is 56.1 Å². The van der Waals surface area contributed by atoms with E-state index in [9.17, 15) is 0 Å². The summed E-state index contributed by atoms with van der Waals surface area (Å²) in [5.41, 5.74) is 4.78. The largest absolute Gasteiger partial charge is 0.419 e. The molecule has 0 amide bonds. The number of hydrogen-bond acceptors (Lipinski definition) is 4. The molecule has 0 aliphatic rings. The van der Waals surface area contributed by atoms with Gasteiger partial charge in [0.15, 0.2) is 0 Å². The molecule has 23 heavy (non-hydrogen) atoms. The Kier molecular flexibility index (Phi) is 4.53. The lowest BCUT2D eigenvalue weighted by molar-refractivity contribution is 0.509. The van der Waals surface area contributed by atoms with Crippen molar-refractivity contribution in [3.63, 3.8) is 0 Å². The number of nitrogens with zero attached hydrogens (tertiary/aromatic N) is 2. The summed E-state index contributed by atoms with van der Waals surface area (Å²) in [6.45, 7) is 8.41. The van der Waals surface area contributed by atoms with Crippen molar-refractivity contribution in [2.75, 3.05) is 0 Å². The summed E-state index contributed by atoms with van der Waals surface area (Å²) >= 11 is 1.73. The molecule has 2 aromatic carbocycles. The first-order chi connectivity index (χ1) is 11.0. The minimum Gasteiger partial charge on any atom is -0.419 e. The molecule has 1 aromatic heterocycles. The molecule has 0 aliphatic carbocycles. The molecule has 3 rings (SSSR count). The zero-order valence-electron chi connectivity index (χ0n) is 13.8. The highest BCUT2D eigenvalue weighted by atomic mass is 32.2. The van der Waals surface area contributed by atoms with Gasteiger partial charge in [-0.15, -0.1) is 22.0 Å². The van der Waals surface area contributed by atoms with Crippen LogP contribution in [-0.2, 0) is 0 Å². The van der Waals surface area contributed by atoms with Crippen LogP contribution < -0.4 is 0 Å². The van der Waals surface area contributed by atoms with E-state index in [1.165, 1.54) is 21.6 Å². The second-order valence-electron chi connectivity index (χ2n) is 5.82. The van der Waals surface area contributed by atoms with Crippen molar-refractivity contribution in [2.45, 2.75) is 37.8 Å². The predicted molar refractivity (Wildman–Crippen MR) is 94.7 cm³/mol. The number of benzene rings is 2. The quantitative estimate of drug-likeness (QED) is 0.593. The van der Waals surface area contributed by atoms with Crippen molar-refractivity contribution in [3.8, 4) is 11.5 Å². The maximum atomic E-state index is 5.85. The second kappa shape index (κ2) is 6.59. The molecule has 3 aromatic rings. The molecule has 0 N–H and O–H groups in total. The fraction of sp³-hybridized carbons (Fsp3) is 0.263. The maximum absolute atomic E-state index is 5.85. The summed E-state index contributed by atoms with van der Waals surface area (Å²) in [5, 5.41) is 8.51. The second-order valence-corrected chi connectivity index (χ2v) is 7.23. The van der Waals surface area contributed by atoms with Crippen LogP contribution in [0.15, 0.2) is 51.8 Å². The molecule has 0 saturated carbocycles. The fourth-order valence-corrected chi connectivity index (χ4v) is 3.25. The number of aryl methyl sites for hydroxylation is 3. The minimum atomic E-state index is 0.115. The average Bonchev–Trinajstić information content (AvgIpc) is 3.02. The highest BCUT2D eigenvalue weighted by molar-refractivity contribution is 7.99. The van der Waals surface area contributed by atoms with Gasteiger partial charge in [-0.3, -0.25) is 0 Å². The predicted octanol–water partition coefficient (Wildman–Crippen LogP) is 5.52. The van der Waals surface area contributed by atoms with Gasteiger partial charge >= 0.3 is 0 Å². The number of rotatable bonds is 4. The summed E-state index contributed by atoms with van der Waals surface area (Å²) in [5.74, 6) is 1.23. The molecule has 0 fully saturated rings. The Hall–Kier alpha value is -2.07. The minimum absolute atomic E-state index is 0.115. The van der Waals surface area contributed by atoms with Crippen LogP contribution in [0.4, 0.5) is 0 Å². The first-order valence-electron chi connectivity index (χ1n) is 7.67. The van der Waals surface area contributed by atoms with Gasteiger partial charge in [-0.25, -0.2) is 0 Å². The average molecular weight is 324 g/mol. The maximum Gasteiger partial charge on any atom is 0.247 e. The van der Waals surface area contributed by atoms with E-state index < -0.39 is 0 Å². The third kappa shape index (κ3) is 3.64. The van der Waals surface area contributed by atoms with Crippen molar-refractivity contribution < 1.29 is 4.42 Å². The van der Waals surface area contributed by atoms with Crippen LogP contribution in [0.5, 0.6) is 0 Å².